The highest BCUT2D eigenvalue weighted by molar-refractivity contribution is 6.33. The predicted octanol–water partition coefficient (Wildman–Crippen LogP) is 14.1. The van der Waals surface area contributed by atoms with Crippen LogP contribution in [0.4, 0.5) is 0 Å². The largest absolute Gasteiger partial charge is 0.361 e. The second-order valence-electron chi connectivity index (χ2n) is 13.5. The van der Waals surface area contributed by atoms with E-state index in [2.05, 4.69) is 24.3 Å². The van der Waals surface area contributed by atoms with Crippen LogP contribution < -0.4 is 0 Å². The minimum absolute atomic E-state index is 0.266. The van der Waals surface area contributed by atoms with Crippen LogP contribution in [-0.4, -0.2) is 12.7 Å². The van der Waals surface area contributed by atoms with Crippen molar-refractivity contribution < 1.29 is 9.47 Å². The second kappa shape index (κ2) is 12.2. The third-order valence-corrected chi connectivity index (χ3v) is 11.8. The van der Waals surface area contributed by atoms with E-state index in [1.54, 1.807) is 0 Å². The van der Waals surface area contributed by atoms with Gasteiger partial charge in [0.05, 0.1) is 6.61 Å². The summed E-state index contributed by atoms with van der Waals surface area (Å²) in [6.07, 6.45) is 3.78. The van der Waals surface area contributed by atoms with Gasteiger partial charge in [0.1, 0.15) is 17.8 Å². The van der Waals surface area contributed by atoms with Crippen molar-refractivity contribution in [2.24, 2.45) is 0 Å². The average Bonchev–Trinajstić information content (AvgIpc) is 4.05. The molecule has 6 aromatic rings. The van der Waals surface area contributed by atoms with E-state index in [-0.39, 0.29) is 12.2 Å². The third-order valence-electron chi connectivity index (χ3n) is 10.4. The first-order chi connectivity index (χ1) is 25.2. The number of rotatable bonds is 5. The molecule has 2 saturated heterocycles. The maximum atomic E-state index is 6.95. The molecular formula is C44H24Cl6O2. The molecule has 8 heteroatoms. The average molecular weight is 797 g/mol. The number of benzene rings is 6. The lowest BCUT2D eigenvalue weighted by Gasteiger charge is -2.17. The Morgan fingerprint density at radius 2 is 0.942 bits per heavy atom. The Labute approximate surface area is 330 Å². The molecule has 10 rings (SSSR count). The molecule has 0 amide bonds. The summed E-state index contributed by atoms with van der Waals surface area (Å²) in [4.78, 5) is 0. The minimum atomic E-state index is -0.703. The van der Waals surface area contributed by atoms with E-state index in [1.807, 2.05) is 97.1 Å². The maximum absolute atomic E-state index is 6.95. The van der Waals surface area contributed by atoms with E-state index >= 15 is 0 Å². The van der Waals surface area contributed by atoms with Crippen LogP contribution in [0.1, 0.15) is 50.6 Å². The van der Waals surface area contributed by atoms with E-state index in [0.717, 1.165) is 77.9 Å². The van der Waals surface area contributed by atoms with E-state index in [1.165, 1.54) is 0 Å². The molecule has 2 heterocycles. The topological polar surface area (TPSA) is 25.1 Å². The molecule has 2 aliphatic heterocycles. The fraction of sp³-hybridized carbons (Fsp3) is 0.0909. The standard InChI is InChI=1S/C44H24Cl6O2/c45-24-5-1-22(2-6-24)13-32-34-15-26(47)9-11-30(34)40-36(32)17-28(49)19-38(40)42-43(52-42)44(21-51-44)39-20-29(50)18-37-33(14-23-3-7-25(46)8-4-23)35-16-27(48)10-12-31(35)41(37)39/h1-20,42-43H,21H2/b32-13-,33-14-/t42-,43+,44+/m0/s1. The van der Waals surface area contributed by atoms with Crippen molar-refractivity contribution in [2.45, 2.75) is 17.8 Å². The van der Waals surface area contributed by atoms with Crippen LogP contribution in [0, 0.1) is 0 Å². The van der Waals surface area contributed by atoms with Crippen molar-refractivity contribution in [3.05, 3.63) is 184 Å². The molecule has 0 spiro atoms. The zero-order chi connectivity index (χ0) is 35.5. The van der Waals surface area contributed by atoms with Gasteiger partial charge in [-0.15, -0.1) is 0 Å². The molecule has 0 radical (unpaired) electrons. The lowest BCUT2D eigenvalue weighted by Crippen LogP contribution is -2.19. The molecule has 0 unspecified atom stereocenters. The molecule has 52 heavy (non-hydrogen) atoms. The molecule has 2 nitrogen and oxygen atoms in total. The van der Waals surface area contributed by atoms with Crippen LogP contribution in [-0.2, 0) is 15.1 Å². The van der Waals surface area contributed by atoms with Gasteiger partial charge < -0.3 is 9.47 Å². The summed E-state index contributed by atoms with van der Waals surface area (Å²) in [5, 5.41) is 3.93. The van der Waals surface area contributed by atoms with Gasteiger partial charge in [-0.05, 0) is 163 Å². The Kier molecular flexibility index (Phi) is 7.79. The van der Waals surface area contributed by atoms with E-state index in [0.29, 0.717) is 36.7 Å². The van der Waals surface area contributed by atoms with Gasteiger partial charge in [0.15, 0.2) is 0 Å². The zero-order valence-corrected chi connectivity index (χ0v) is 31.5. The Bertz CT molecular complexity index is 2570. The van der Waals surface area contributed by atoms with Gasteiger partial charge in [-0.2, -0.15) is 0 Å². The number of hydrogen-bond acceptors (Lipinski definition) is 2. The van der Waals surface area contributed by atoms with Crippen molar-refractivity contribution in [1.82, 2.24) is 0 Å². The normalized spacial score (nSPS) is 22.0. The SMILES string of the molecule is Clc1ccc(/C=C2/c3cc(Cl)ccc3-c3c2cc(Cl)cc3[C@@H]2O[C@H]2[C@]2(c3cc(Cl)cc4c3-c3ccc(Cl)cc3/C4=C/c3ccc(Cl)cc3)CO2)cc1. The molecule has 6 aromatic carbocycles. The van der Waals surface area contributed by atoms with Gasteiger partial charge in [-0.25, -0.2) is 0 Å². The third kappa shape index (κ3) is 5.39. The number of halogens is 6. The molecule has 0 N–H and O–H groups in total. The molecule has 0 saturated carbocycles. The lowest BCUT2D eigenvalue weighted by molar-refractivity contribution is 0.237. The predicted molar refractivity (Wildman–Crippen MR) is 216 cm³/mol. The maximum Gasteiger partial charge on any atom is 0.146 e. The summed E-state index contributed by atoms with van der Waals surface area (Å²) in [6, 6.07) is 35.7. The molecule has 3 atom stereocenters. The Morgan fingerprint density at radius 3 is 1.48 bits per heavy atom. The smallest absolute Gasteiger partial charge is 0.146 e. The van der Waals surface area contributed by atoms with Crippen LogP contribution in [0.5, 0.6) is 0 Å². The van der Waals surface area contributed by atoms with Crippen molar-refractivity contribution >= 4 is 92.9 Å². The zero-order valence-electron chi connectivity index (χ0n) is 27.0. The molecule has 4 aliphatic rings. The number of epoxide rings is 2. The van der Waals surface area contributed by atoms with Gasteiger partial charge in [0.2, 0.25) is 0 Å². The Morgan fingerprint density at radius 1 is 0.481 bits per heavy atom. The van der Waals surface area contributed by atoms with Crippen molar-refractivity contribution in [3.63, 3.8) is 0 Å². The van der Waals surface area contributed by atoms with Crippen LogP contribution in [0.25, 0.3) is 45.6 Å². The van der Waals surface area contributed by atoms with Crippen LogP contribution >= 0.6 is 69.6 Å². The molecule has 254 valence electrons. The fourth-order valence-corrected chi connectivity index (χ4v) is 9.07. The quantitative estimate of drug-likeness (QED) is 0.162. The first-order valence-electron chi connectivity index (χ1n) is 16.7. The van der Waals surface area contributed by atoms with E-state index in [9.17, 15) is 0 Å². The molecule has 0 aromatic heterocycles. The lowest BCUT2D eigenvalue weighted by atomic mass is 9.85. The van der Waals surface area contributed by atoms with Gasteiger partial charge in [0, 0.05) is 30.1 Å². The summed E-state index contributed by atoms with van der Waals surface area (Å²) in [6.45, 7) is 0.497. The van der Waals surface area contributed by atoms with E-state index in [4.69, 9.17) is 79.1 Å². The summed E-state index contributed by atoms with van der Waals surface area (Å²) < 4.78 is 13.1. The van der Waals surface area contributed by atoms with Crippen LogP contribution in [0.15, 0.2) is 109 Å². The summed E-state index contributed by atoms with van der Waals surface area (Å²) >= 11 is 39.5. The Hall–Kier alpha value is -3.54. The highest BCUT2D eigenvalue weighted by atomic mass is 35.5. The van der Waals surface area contributed by atoms with Crippen molar-refractivity contribution in [3.8, 4) is 22.3 Å². The highest BCUT2D eigenvalue weighted by Gasteiger charge is 2.66. The first-order valence-corrected chi connectivity index (χ1v) is 19.0. The fourth-order valence-electron chi connectivity index (χ4n) is 8.03. The van der Waals surface area contributed by atoms with Gasteiger partial charge in [0.25, 0.3) is 0 Å². The van der Waals surface area contributed by atoms with Crippen molar-refractivity contribution in [1.29, 1.82) is 0 Å². The van der Waals surface area contributed by atoms with Gasteiger partial charge in [-0.1, -0.05) is 106 Å². The minimum Gasteiger partial charge on any atom is -0.361 e. The number of fused-ring (bicyclic) bond motifs is 6. The second-order valence-corrected chi connectivity index (χ2v) is 16.2. The molecule has 2 fully saturated rings. The van der Waals surface area contributed by atoms with Gasteiger partial charge >= 0.3 is 0 Å². The first kappa shape index (κ1) is 33.1. The summed E-state index contributed by atoms with van der Waals surface area (Å²) in [5.41, 5.74) is 13.9. The van der Waals surface area contributed by atoms with Crippen molar-refractivity contribution in [2.75, 3.05) is 6.61 Å². The van der Waals surface area contributed by atoms with Crippen LogP contribution in [0.3, 0.4) is 0 Å². The summed E-state index contributed by atoms with van der Waals surface area (Å²) in [7, 11) is 0. The van der Waals surface area contributed by atoms with Crippen LogP contribution in [0.2, 0.25) is 30.1 Å². The number of hydrogen-bond donors (Lipinski definition) is 0. The Balaban J connectivity index is 1.09. The van der Waals surface area contributed by atoms with E-state index < -0.39 is 5.60 Å². The van der Waals surface area contributed by atoms with Gasteiger partial charge in [-0.3, -0.25) is 0 Å². The molecule has 0 bridgehead atoms. The summed E-state index contributed by atoms with van der Waals surface area (Å²) in [5.74, 6) is 0. The molecular weight excluding hydrogens is 773 g/mol. The molecule has 2 aliphatic carbocycles. The highest BCUT2D eigenvalue weighted by Crippen LogP contribution is 2.63. The monoisotopic (exact) mass is 794 g/mol. The number of ether oxygens (including phenoxy) is 2.